The molecule has 2 N–H and O–H groups in total. The first-order chi connectivity index (χ1) is 9.59. The van der Waals surface area contributed by atoms with Crippen LogP contribution in [-0.4, -0.2) is 26.7 Å². The van der Waals surface area contributed by atoms with E-state index in [-0.39, 0.29) is 23.5 Å². The Hall–Kier alpha value is -0.980. The van der Waals surface area contributed by atoms with Crippen LogP contribution < -0.4 is 4.72 Å². The minimum absolute atomic E-state index is 0.0896. The molecule has 0 heterocycles. The van der Waals surface area contributed by atoms with Crippen molar-refractivity contribution in [2.75, 3.05) is 13.2 Å². The summed E-state index contributed by atoms with van der Waals surface area (Å²) in [5.74, 6) is -0.438. The number of rotatable bonds is 7. The predicted octanol–water partition coefficient (Wildman–Crippen LogP) is 2.52. The van der Waals surface area contributed by atoms with E-state index in [1.54, 1.807) is 13.8 Å². The van der Waals surface area contributed by atoms with Crippen molar-refractivity contribution in [2.24, 2.45) is 5.41 Å². The molecule has 1 aromatic rings. The maximum absolute atomic E-state index is 13.3. The highest BCUT2D eigenvalue weighted by molar-refractivity contribution is 7.89. The average molecular weight is 317 g/mol. The number of hydrogen-bond donors (Lipinski definition) is 2. The van der Waals surface area contributed by atoms with Gasteiger partial charge < -0.3 is 5.11 Å². The van der Waals surface area contributed by atoms with Crippen LogP contribution in [0.5, 0.6) is 0 Å². The Morgan fingerprint density at radius 1 is 1.24 bits per heavy atom. The molecule has 120 valence electrons. The van der Waals surface area contributed by atoms with Gasteiger partial charge in [0, 0.05) is 13.2 Å². The summed E-state index contributed by atoms with van der Waals surface area (Å²) < 4.78 is 40.7. The third kappa shape index (κ3) is 5.05. The van der Waals surface area contributed by atoms with Crippen LogP contribution in [0.3, 0.4) is 0 Å². The molecule has 0 bridgehead atoms. The van der Waals surface area contributed by atoms with Gasteiger partial charge >= 0.3 is 0 Å². The summed E-state index contributed by atoms with van der Waals surface area (Å²) in [4.78, 5) is 0.141. The minimum atomic E-state index is -3.68. The SMILES string of the molecule is Cc1cc(F)cc(C)c1S(=O)(=O)NCC(C)(C)CCCO. The van der Waals surface area contributed by atoms with Crippen molar-refractivity contribution in [3.05, 3.63) is 29.1 Å². The van der Waals surface area contributed by atoms with Gasteiger partial charge in [0.25, 0.3) is 0 Å². The number of nitrogens with one attached hydrogen (secondary N) is 1. The van der Waals surface area contributed by atoms with Crippen molar-refractivity contribution >= 4 is 10.0 Å². The second kappa shape index (κ2) is 6.85. The van der Waals surface area contributed by atoms with E-state index in [9.17, 15) is 12.8 Å². The Balaban J connectivity index is 2.93. The van der Waals surface area contributed by atoms with E-state index in [1.165, 1.54) is 12.1 Å². The van der Waals surface area contributed by atoms with Crippen LogP contribution in [-0.2, 0) is 10.0 Å². The number of hydrogen-bond acceptors (Lipinski definition) is 3. The second-order valence-electron chi connectivity index (χ2n) is 6.18. The molecule has 0 aliphatic carbocycles. The molecule has 21 heavy (non-hydrogen) atoms. The lowest BCUT2D eigenvalue weighted by molar-refractivity contribution is 0.242. The number of sulfonamides is 1. The average Bonchev–Trinajstić information content (AvgIpc) is 2.33. The Bertz CT molecular complexity index is 574. The van der Waals surface area contributed by atoms with E-state index in [0.29, 0.717) is 24.0 Å². The van der Waals surface area contributed by atoms with Gasteiger partial charge in [-0.05, 0) is 55.4 Å². The maximum atomic E-state index is 13.3. The largest absolute Gasteiger partial charge is 0.396 e. The van der Waals surface area contributed by atoms with Crippen LogP contribution in [0.1, 0.15) is 37.8 Å². The molecule has 0 unspecified atom stereocenters. The molecule has 0 saturated heterocycles. The van der Waals surface area contributed by atoms with Gasteiger partial charge in [0.2, 0.25) is 10.0 Å². The number of halogens is 1. The van der Waals surface area contributed by atoms with Crippen LogP contribution in [0.2, 0.25) is 0 Å². The van der Waals surface area contributed by atoms with Crippen molar-refractivity contribution in [3.8, 4) is 0 Å². The van der Waals surface area contributed by atoms with E-state index in [1.807, 2.05) is 13.8 Å². The topological polar surface area (TPSA) is 66.4 Å². The normalized spacial score (nSPS) is 12.7. The van der Waals surface area contributed by atoms with Gasteiger partial charge in [-0.1, -0.05) is 13.8 Å². The quantitative estimate of drug-likeness (QED) is 0.812. The van der Waals surface area contributed by atoms with Gasteiger partial charge in [0.15, 0.2) is 0 Å². The van der Waals surface area contributed by atoms with Crippen molar-refractivity contribution in [1.82, 2.24) is 4.72 Å². The third-order valence-electron chi connectivity index (χ3n) is 3.45. The van der Waals surface area contributed by atoms with Gasteiger partial charge in [-0.25, -0.2) is 17.5 Å². The van der Waals surface area contributed by atoms with Crippen LogP contribution in [0.25, 0.3) is 0 Å². The Labute approximate surface area is 126 Å². The van der Waals surface area contributed by atoms with Crippen molar-refractivity contribution in [3.63, 3.8) is 0 Å². The van der Waals surface area contributed by atoms with Crippen LogP contribution in [0, 0.1) is 25.1 Å². The van der Waals surface area contributed by atoms with Crippen LogP contribution >= 0.6 is 0 Å². The lowest BCUT2D eigenvalue weighted by Gasteiger charge is -2.25. The summed E-state index contributed by atoms with van der Waals surface area (Å²) in [7, 11) is -3.68. The summed E-state index contributed by atoms with van der Waals surface area (Å²) in [5, 5.41) is 8.86. The highest BCUT2D eigenvalue weighted by Gasteiger charge is 2.24. The molecule has 0 saturated carbocycles. The summed E-state index contributed by atoms with van der Waals surface area (Å²) in [6.45, 7) is 7.41. The van der Waals surface area contributed by atoms with Crippen molar-refractivity contribution < 1.29 is 17.9 Å². The minimum Gasteiger partial charge on any atom is -0.396 e. The zero-order valence-corrected chi connectivity index (χ0v) is 13.8. The first-order valence-corrected chi connectivity index (χ1v) is 8.45. The van der Waals surface area contributed by atoms with Crippen LogP contribution in [0.15, 0.2) is 17.0 Å². The fraction of sp³-hybridized carbons (Fsp3) is 0.600. The molecule has 1 aromatic carbocycles. The van der Waals surface area contributed by atoms with Gasteiger partial charge in [0.05, 0.1) is 4.90 Å². The highest BCUT2D eigenvalue weighted by Crippen LogP contribution is 2.24. The Kier molecular flexibility index (Phi) is 5.90. The molecule has 6 heteroatoms. The third-order valence-corrected chi connectivity index (χ3v) is 5.15. The second-order valence-corrected chi connectivity index (χ2v) is 7.89. The lowest BCUT2D eigenvalue weighted by Crippen LogP contribution is -2.34. The zero-order valence-electron chi connectivity index (χ0n) is 13.0. The Morgan fingerprint density at radius 3 is 2.24 bits per heavy atom. The van der Waals surface area contributed by atoms with E-state index < -0.39 is 15.8 Å². The molecule has 0 spiro atoms. The van der Waals surface area contributed by atoms with E-state index in [4.69, 9.17) is 5.11 Å². The standard InChI is InChI=1S/C15H24FNO3S/c1-11-8-13(16)9-12(2)14(11)21(19,20)17-10-15(3,4)6-5-7-18/h8-9,17-18H,5-7,10H2,1-4H3. The summed E-state index contributed by atoms with van der Waals surface area (Å²) >= 11 is 0. The molecule has 0 radical (unpaired) electrons. The van der Waals surface area contributed by atoms with Crippen molar-refractivity contribution in [2.45, 2.75) is 45.4 Å². The molecule has 0 atom stereocenters. The molecule has 0 amide bonds. The summed E-state index contributed by atoms with van der Waals surface area (Å²) in [6, 6.07) is 2.44. The van der Waals surface area contributed by atoms with E-state index >= 15 is 0 Å². The zero-order chi connectivity index (χ0) is 16.3. The van der Waals surface area contributed by atoms with E-state index in [2.05, 4.69) is 4.72 Å². The number of benzene rings is 1. The number of aryl methyl sites for hydroxylation is 2. The lowest BCUT2D eigenvalue weighted by atomic mass is 9.88. The smallest absolute Gasteiger partial charge is 0.241 e. The molecule has 1 rings (SSSR count). The first kappa shape index (κ1) is 18.1. The van der Waals surface area contributed by atoms with Gasteiger partial charge in [-0.2, -0.15) is 0 Å². The maximum Gasteiger partial charge on any atom is 0.241 e. The predicted molar refractivity (Wildman–Crippen MR) is 81.2 cm³/mol. The van der Waals surface area contributed by atoms with Gasteiger partial charge in [-0.15, -0.1) is 0 Å². The van der Waals surface area contributed by atoms with Crippen molar-refractivity contribution in [1.29, 1.82) is 0 Å². The number of aliphatic hydroxyl groups excluding tert-OH is 1. The number of aliphatic hydroxyl groups is 1. The first-order valence-electron chi connectivity index (χ1n) is 6.96. The molecular formula is C15H24FNO3S. The molecular weight excluding hydrogens is 293 g/mol. The molecule has 4 nitrogen and oxygen atoms in total. The molecule has 0 aliphatic rings. The molecule has 0 aliphatic heterocycles. The molecule has 0 aromatic heterocycles. The van der Waals surface area contributed by atoms with Gasteiger partial charge in [-0.3, -0.25) is 0 Å². The van der Waals surface area contributed by atoms with E-state index in [0.717, 1.165) is 0 Å². The van der Waals surface area contributed by atoms with Crippen LogP contribution in [0.4, 0.5) is 4.39 Å². The fourth-order valence-electron chi connectivity index (χ4n) is 2.33. The monoisotopic (exact) mass is 317 g/mol. The Morgan fingerprint density at radius 2 is 1.76 bits per heavy atom. The summed E-state index contributed by atoms with van der Waals surface area (Å²) in [5.41, 5.74) is 0.541. The summed E-state index contributed by atoms with van der Waals surface area (Å²) in [6.07, 6.45) is 1.34. The molecule has 0 fully saturated rings. The van der Waals surface area contributed by atoms with Gasteiger partial charge in [0.1, 0.15) is 5.82 Å². The highest BCUT2D eigenvalue weighted by atomic mass is 32.2. The fourth-order valence-corrected chi connectivity index (χ4v) is 4.02.